The molecule has 9 aromatic carbocycles. The predicted octanol–water partition coefficient (Wildman–Crippen LogP) is 12.2. The van der Waals surface area contributed by atoms with Gasteiger partial charge in [-0.25, -0.2) is 0 Å². The molecule has 0 fully saturated rings. The summed E-state index contributed by atoms with van der Waals surface area (Å²) in [7, 11) is 0. The van der Waals surface area contributed by atoms with Crippen molar-refractivity contribution in [1.82, 2.24) is 0 Å². The van der Waals surface area contributed by atoms with E-state index in [1.165, 1.54) is 64.6 Å². The lowest BCUT2D eigenvalue weighted by Gasteiger charge is -2.12. The van der Waals surface area contributed by atoms with E-state index in [-0.39, 0.29) is 0 Å². The van der Waals surface area contributed by atoms with Crippen LogP contribution in [0, 0.1) is 0 Å². The fourth-order valence-corrected chi connectivity index (χ4v) is 7.55. The first-order valence-corrected chi connectivity index (χ1v) is 14.9. The maximum absolute atomic E-state index is 6.98. The molecule has 0 unspecified atom stereocenters. The second-order valence-corrected chi connectivity index (χ2v) is 11.6. The zero-order valence-corrected chi connectivity index (χ0v) is 23.3. The molecule has 0 bridgehead atoms. The fourth-order valence-electron chi connectivity index (χ4n) is 7.55. The molecule has 1 nitrogen and oxygen atoms in total. The summed E-state index contributed by atoms with van der Waals surface area (Å²) in [5, 5.41) is 17.4. The first-order valence-electron chi connectivity index (χ1n) is 14.9. The topological polar surface area (TPSA) is 13.1 Å². The lowest BCUT2D eigenvalue weighted by molar-refractivity contribution is 0.674. The summed E-state index contributed by atoms with van der Waals surface area (Å²) in [6.07, 6.45) is 0. The number of rotatable bonds is 1. The van der Waals surface area contributed by atoms with Crippen molar-refractivity contribution in [3.63, 3.8) is 0 Å². The number of para-hydroxylation sites is 1. The Morgan fingerprint density at radius 1 is 0.279 bits per heavy atom. The minimum Gasteiger partial charge on any atom is -0.455 e. The van der Waals surface area contributed by atoms with Gasteiger partial charge >= 0.3 is 0 Å². The Hall–Kier alpha value is -5.66. The Morgan fingerprint density at radius 2 is 0.674 bits per heavy atom. The van der Waals surface area contributed by atoms with Crippen LogP contribution in [0.15, 0.2) is 150 Å². The summed E-state index contributed by atoms with van der Waals surface area (Å²) < 4.78 is 6.98. The molecule has 0 radical (unpaired) electrons. The van der Waals surface area contributed by atoms with Crippen LogP contribution in [-0.2, 0) is 0 Å². The van der Waals surface area contributed by atoms with Crippen molar-refractivity contribution < 1.29 is 4.42 Å². The third-order valence-electron chi connectivity index (χ3n) is 9.43. The van der Waals surface area contributed by atoms with Crippen molar-refractivity contribution in [3.8, 4) is 11.1 Å². The van der Waals surface area contributed by atoms with Gasteiger partial charge in [0.05, 0.1) is 0 Å². The van der Waals surface area contributed by atoms with Crippen LogP contribution in [0.1, 0.15) is 0 Å². The second-order valence-electron chi connectivity index (χ2n) is 11.6. The average molecular weight is 545 g/mol. The van der Waals surface area contributed by atoms with Crippen LogP contribution in [0.4, 0.5) is 0 Å². The molecule has 198 valence electrons. The highest BCUT2D eigenvalue weighted by Gasteiger charge is 2.18. The largest absolute Gasteiger partial charge is 0.455 e. The number of hydrogen-bond acceptors (Lipinski definition) is 1. The maximum atomic E-state index is 6.98. The molecular formula is C42H24O. The summed E-state index contributed by atoms with van der Waals surface area (Å²) in [4.78, 5) is 0. The van der Waals surface area contributed by atoms with E-state index in [4.69, 9.17) is 4.42 Å². The third-order valence-corrected chi connectivity index (χ3v) is 9.43. The van der Waals surface area contributed by atoms with Gasteiger partial charge < -0.3 is 4.42 Å². The van der Waals surface area contributed by atoms with Gasteiger partial charge in [-0.15, -0.1) is 0 Å². The molecule has 0 aliphatic heterocycles. The van der Waals surface area contributed by atoms with Crippen molar-refractivity contribution in [2.24, 2.45) is 0 Å². The minimum absolute atomic E-state index is 0.937. The van der Waals surface area contributed by atoms with Crippen LogP contribution in [0.2, 0.25) is 0 Å². The van der Waals surface area contributed by atoms with E-state index in [2.05, 4.69) is 146 Å². The minimum atomic E-state index is 0.937. The van der Waals surface area contributed by atoms with Gasteiger partial charge in [0.25, 0.3) is 0 Å². The molecule has 10 rings (SSSR count). The van der Waals surface area contributed by atoms with Gasteiger partial charge in [0.15, 0.2) is 0 Å². The Labute approximate surface area is 247 Å². The van der Waals surface area contributed by atoms with E-state index in [1.54, 1.807) is 0 Å². The van der Waals surface area contributed by atoms with Crippen molar-refractivity contribution in [3.05, 3.63) is 146 Å². The molecule has 0 aliphatic rings. The predicted molar refractivity (Wildman–Crippen MR) is 184 cm³/mol. The molecule has 10 aromatic rings. The molecule has 0 spiro atoms. The zero-order valence-electron chi connectivity index (χ0n) is 23.3. The summed E-state index contributed by atoms with van der Waals surface area (Å²) in [6, 6.07) is 52.9. The number of hydrogen-bond donors (Lipinski definition) is 0. The van der Waals surface area contributed by atoms with E-state index in [9.17, 15) is 0 Å². The Balaban J connectivity index is 1.31. The molecule has 1 heterocycles. The van der Waals surface area contributed by atoms with E-state index in [0.29, 0.717) is 0 Å². The summed E-state index contributed by atoms with van der Waals surface area (Å²) >= 11 is 0. The van der Waals surface area contributed by atoms with Gasteiger partial charge in [-0.05, 0) is 76.9 Å². The number of furan rings is 1. The molecule has 0 atom stereocenters. The van der Waals surface area contributed by atoms with Crippen LogP contribution in [0.3, 0.4) is 0 Å². The Bertz CT molecular complexity index is 2710. The smallest absolute Gasteiger partial charge is 0.143 e. The van der Waals surface area contributed by atoms with E-state index in [1.807, 2.05) is 0 Å². The first-order chi connectivity index (χ1) is 21.3. The number of benzene rings is 9. The zero-order chi connectivity index (χ0) is 28.1. The molecule has 0 aliphatic carbocycles. The summed E-state index contributed by atoms with van der Waals surface area (Å²) in [5.74, 6) is 0. The third kappa shape index (κ3) is 3.06. The van der Waals surface area contributed by atoms with Crippen molar-refractivity contribution in [2.45, 2.75) is 0 Å². The SMILES string of the molecule is c1cc(-c2ccc3c4ccccc4c4ccccc4c3c2)c2oc3c(ccc4c5ccccc5c5ccccc5c43)c2c1. The van der Waals surface area contributed by atoms with Crippen LogP contribution in [0.25, 0.3) is 97.7 Å². The highest BCUT2D eigenvalue weighted by atomic mass is 16.3. The van der Waals surface area contributed by atoms with Crippen molar-refractivity contribution in [1.29, 1.82) is 0 Å². The average Bonchev–Trinajstić information content (AvgIpc) is 3.47. The molecular weight excluding hydrogens is 520 g/mol. The molecule has 0 saturated heterocycles. The van der Waals surface area contributed by atoms with Crippen LogP contribution < -0.4 is 0 Å². The van der Waals surface area contributed by atoms with E-state index >= 15 is 0 Å². The quantitative estimate of drug-likeness (QED) is 0.187. The molecule has 1 aromatic heterocycles. The normalized spacial score (nSPS) is 12.2. The van der Waals surface area contributed by atoms with Crippen molar-refractivity contribution in [2.75, 3.05) is 0 Å². The Morgan fingerprint density at radius 3 is 1.28 bits per heavy atom. The van der Waals surface area contributed by atoms with Crippen LogP contribution in [-0.4, -0.2) is 0 Å². The van der Waals surface area contributed by atoms with Crippen LogP contribution >= 0.6 is 0 Å². The summed E-state index contributed by atoms with van der Waals surface area (Å²) in [6.45, 7) is 0. The Kier molecular flexibility index (Phi) is 4.51. The van der Waals surface area contributed by atoms with Gasteiger partial charge in [0.1, 0.15) is 11.2 Å². The van der Waals surface area contributed by atoms with E-state index < -0.39 is 0 Å². The maximum Gasteiger partial charge on any atom is 0.143 e. The van der Waals surface area contributed by atoms with Gasteiger partial charge in [0, 0.05) is 21.7 Å². The van der Waals surface area contributed by atoms with Gasteiger partial charge in [0.2, 0.25) is 0 Å². The summed E-state index contributed by atoms with van der Waals surface area (Å²) in [5.41, 5.74) is 4.18. The molecule has 0 amide bonds. The molecule has 0 saturated carbocycles. The van der Waals surface area contributed by atoms with Crippen LogP contribution in [0.5, 0.6) is 0 Å². The lowest BCUT2D eigenvalue weighted by Crippen LogP contribution is -1.85. The fraction of sp³-hybridized carbons (Fsp3) is 0. The lowest BCUT2D eigenvalue weighted by atomic mass is 9.91. The molecule has 0 N–H and O–H groups in total. The number of fused-ring (bicyclic) bond motifs is 16. The van der Waals surface area contributed by atoms with Gasteiger partial charge in [-0.1, -0.05) is 133 Å². The molecule has 1 heteroatoms. The van der Waals surface area contributed by atoms with Gasteiger partial charge in [-0.2, -0.15) is 0 Å². The monoisotopic (exact) mass is 544 g/mol. The van der Waals surface area contributed by atoms with Gasteiger partial charge in [-0.3, -0.25) is 0 Å². The first kappa shape index (κ1) is 23.0. The highest BCUT2D eigenvalue weighted by molar-refractivity contribution is 6.32. The molecule has 43 heavy (non-hydrogen) atoms. The standard InChI is InChI=1S/C42H24O/c1-2-12-29-27(10-1)28-11-4-6-16-33(28)39-24-25(20-21-34(29)39)26-18-9-19-37-38-23-22-36-32-15-5-3-13-30(32)31-14-7-8-17-35(31)40(36)42(38)43-41(26)37/h1-24H. The highest BCUT2D eigenvalue weighted by Crippen LogP contribution is 2.44. The van der Waals surface area contributed by atoms with E-state index in [0.717, 1.165) is 33.1 Å². The second kappa shape index (κ2) is 8.44. The van der Waals surface area contributed by atoms with Crippen molar-refractivity contribution >= 4 is 86.6 Å².